The number of nitrogens with zero attached hydrogens (tertiary/aromatic N) is 1. The van der Waals surface area contributed by atoms with Gasteiger partial charge in [-0.25, -0.2) is 4.98 Å². The molecule has 110 valence electrons. The number of para-hydroxylation sites is 1. The van der Waals surface area contributed by atoms with Crippen molar-refractivity contribution in [1.82, 2.24) is 10.3 Å². The molecule has 1 aromatic heterocycles. The molecule has 1 atom stereocenters. The third-order valence-electron chi connectivity index (χ3n) is 3.99. The second-order valence-electron chi connectivity index (χ2n) is 5.51. The Hall–Kier alpha value is -0.930. The van der Waals surface area contributed by atoms with Crippen LogP contribution in [-0.4, -0.2) is 18.1 Å². The smallest absolute Gasteiger partial charge is 0.0954 e. The van der Waals surface area contributed by atoms with E-state index in [9.17, 15) is 0 Å². The highest BCUT2D eigenvalue weighted by molar-refractivity contribution is 7.18. The quantitative estimate of drug-likeness (QED) is 0.766. The summed E-state index contributed by atoms with van der Waals surface area (Å²) in [6.45, 7) is 4.57. The minimum Gasteiger partial charge on any atom is -0.316 e. The minimum atomic E-state index is 0.551. The lowest BCUT2D eigenvalue weighted by atomic mass is 9.89. The molecule has 2 rings (SSSR count). The molecule has 0 fully saturated rings. The van der Waals surface area contributed by atoms with Crippen LogP contribution in [0.3, 0.4) is 0 Å². The highest BCUT2D eigenvalue weighted by Crippen LogP contribution is 2.26. The van der Waals surface area contributed by atoms with Crippen LogP contribution in [0.4, 0.5) is 0 Å². The fourth-order valence-electron chi connectivity index (χ4n) is 2.99. The second-order valence-corrected chi connectivity index (χ2v) is 6.63. The Labute approximate surface area is 126 Å². The molecule has 2 nitrogen and oxygen atoms in total. The fourth-order valence-corrected chi connectivity index (χ4v) is 4.01. The van der Waals surface area contributed by atoms with Crippen molar-refractivity contribution in [3.05, 3.63) is 29.3 Å². The summed E-state index contributed by atoms with van der Waals surface area (Å²) < 4.78 is 1.31. The van der Waals surface area contributed by atoms with Gasteiger partial charge in [-0.15, -0.1) is 11.3 Å². The third kappa shape index (κ3) is 3.80. The molecule has 1 unspecified atom stereocenters. The molecule has 3 heteroatoms. The zero-order valence-electron chi connectivity index (χ0n) is 12.9. The maximum Gasteiger partial charge on any atom is 0.0954 e. The molecule has 0 saturated heterocycles. The molecule has 0 saturated carbocycles. The van der Waals surface area contributed by atoms with Crippen LogP contribution in [-0.2, 0) is 6.42 Å². The first-order valence-corrected chi connectivity index (χ1v) is 8.61. The Morgan fingerprint density at radius 3 is 2.45 bits per heavy atom. The molecule has 0 bridgehead atoms. The fraction of sp³-hybridized carbons (Fsp3) is 0.588. The van der Waals surface area contributed by atoms with E-state index in [0.29, 0.717) is 6.04 Å². The molecule has 2 aromatic rings. The van der Waals surface area contributed by atoms with Gasteiger partial charge in [0.2, 0.25) is 0 Å². The van der Waals surface area contributed by atoms with Gasteiger partial charge in [0.25, 0.3) is 0 Å². The zero-order chi connectivity index (χ0) is 14.4. The van der Waals surface area contributed by atoms with Crippen LogP contribution in [0.15, 0.2) is 24.3 Å². The highest BCUT2D eigenvalue weighted by Gasteiger charge is 2.20. The molecule has 0 aliphatic heterocycles. The molecule has 0 amide bonds. The maximum absolute atomic E-state index is 4.78. The third-order valence-corrected chi connectivity index (χ3v) is 5.05. The van der Waals surface area contributed by atoms with Gasteiger partial charge in [-0.2, -0.15) is 0 Å². The topological polar surface area (TPSA) is 24.9 Å². The van der Waals surface area contributed by atoms with Crippen LogP contribution < -0.4 is 5.32 Å². The lowest BCUT2D eigenvalue weighted by Gasteiger charge is -2.25. The number of aromatic nitrogens is 1. The summed E-state index contributed by atoms with van der Waals surface area (Å²) >= 11 is 1.84. The average molecular weight is 290 g/mol. The predicted octanol–water partition coefficient (Wildman–Crippen LogP) is 4.64. The first-order valence-electron chi connectivity index (χ1n) is 7.80. The summed E-state index contributed by atoms with van der Waals surface area (Å²) in [6, 6.07) is 8.99. The van der Waals surface area contributed by atoms with Crippen molar-refractivity contribution in [2.75, 3.05) is 7.05 Å². The highest BCUT2D eigenvalue weighted by atomic mass is 32.1. The molecular weight excluding hydrogens is 264 g/mol. The number of likely N-dealkylation sites (N-methyl/N-ethyl adjacent to an activating group) is 1. The van der Waals surface area contributed by atoms with Gasteiger partial charge in [0.1, 0.15) is 0 Å². The number of fused-ring (bicyclic) bond motifs is 1. The van der Waals surface area contributed by atoms with Gasteiger partial charge < -0.3 is 5.32 Å². The van der Waals surface area contributed by atoms with Crippen molar-refractivity contribution in [2.45, 2.75) is 52.0 Å². The maximum atomic E-state index is 4.78. The average Bonchev–Trinajstić information content (AvgIpc) is 2.87. The summed E-state index contributed by atoms with van der Waals surface area (Å²) in [5.41, 5.74) is 1.14. The van der Waals surface area contributed by atoms with E-state index in [2.05, 4.69) is 50.5 Å². The lowest BCUT2D eigenvalue weighted by Crippen LogP contribution is -2.35. The standard InChI is InChI=1S/C17H26N2S/c1-4-8-13(9-5-2)15(18-3)12-17-19-14-10-6-7-11-16(14)20-17/h6-7,10-11,13,15,18H,4-5,8-9,12H2,1-3H3. The van der Waals surface area contributed by atoms with Gasteiger partial charge in [0, 0.05) is 12.5 Å². The van der Waals surface area contributed by atoms with E-state index in [4.69, 9.17) is 4.98 Å². The van der Waals surface area contributed by atoms with Crippen LogP contribution in [0.25, 0.3) is 10.2 Å². The summed E-state index contributed by atoms with van der Waals surface area (Å²) in [6.07, 6.45) is 6.21. The first kappa shape index (κ1) is 15.5. The van der Waals surface area contributed by atoms with Crippen LogP contribution in [0.5, 0.6) is 0 Å². The van der Waals surface area contributed by atoms with Crippen molar-refractivity contribution >= 4 is 21.6 Å². The Balaban J connectivity index is 2.11. The Kier molecular flexibility index (Phi) is 5.99. The number of hydrogen-bond acceptors (Lipinski definition) is 3. The first-order chi connectivity index (χ1) is 9.78. The largest absolute Gasteiger partial charge is 0.316 e. The minimum absolute atomic E-state index is 0.551. The van der Waals surface area contributed by atoms with E-state index in [1.165, 1.54) is 35.4 Å². The van der Waals surface area contributed by atoms with E-state index in [-0.39, 0.29) is 0 Å². The number of thiazole rings is 1. The van der Waals surface area contributed by atoms with Crippen LogP contribution >= 0.6 is 11.3 Å². The Morgan fingerprint density at radius 2 is 1.85 bits per heavy atom. The molecule has 1 N–H and O–H groups in total. The van der Waals surface area contributed by atoms with E-state index >= 15 is 0 Å². The van der Waals surface area contributed by atoms with Crippen molar-refractivity contribution in [2.24, 2.45) is 5.92 Å². The van der Waals surface area contributed by atoms with Gasteiger partial charge >= 0.3 is 0 Å². The molecule has 20 heavy (non-hydrogen) atoms. The summed E-state index contributed by atoms with van der Waals surface area (Å²) in [7, 11) is 2.09. The Morgan fingerprint density at radius 1 is 1.15 bits per heavy atom. The molecular formula is C17H26N2S. The normalized spacial score (nSPS) is 13.2. The lowest BCUT2D eigenvalue weighted by molar-refractivity contribution is 0.322. The molecule has 1 aromatic carbocycles. The van der Waals surface area contributed by atoms with E-state index < -0.39 is 0 Å². The second kappa shape index (κ2) is 7.75. The van der Waals surface area contributed by atoms with Gasteiger partial charge in [-0.05, 0) is 37.9 Å². The number of nitrogens with one attached hydrogen (secondary N) is 1. The predicted molar refractivity (Wildman–Crippen MR) is 89.5 cm³/mol. The van der Waals surface area contributed by atoms with Gasteiger partial charge in [0.15, 0.2) is 0 Å². The van der Waals surface area contributed by atoms with E-state index in [1.54, 1.807) is 0 Å². The number of rotatable bonds is 8. The van der Waals surface area contributed by atoms with Gasteiger partial charge in [-0.3, -0.25) is 0 Å². The van der Waals surface area contributed by atoms with Gasteiger partial charge in [-0.1, -0.05) is 38.8 Å². The van der Waals surface area contributed by atoms with Crippen molar-refractivity contribution < 1.29 is 0 Å². The van der Waals surface area contributed by atoms with Crippen LogP contribution in [0.1, 0.15) is 44.5 Å². The summed E-state index contributed by atoms with van der Waals surface area (Å²) in [4.78, 5) is 4.78. The SMILES string of the molecule is CCCC(CCC)C(Cc1nc2ccccc2s1)NC. The van der Waals surface area contributed by atoms with Crippen molar-refractivity contribution in [1.29, 1.82) is 0 Å². The monoisotopic (exact) mass is 290 g/mol. The number of benzene rings is 1. The van der Waals surface area contributed by atoms with Crippen LogP contribution in [0.2, 0.25) is 0 Å². The zero-order valence-corrected chi connectivity index (χ0v) is 13.7. The van der Waals surface area contributed by atoms with E-state index in [0.717, 1.165) is 17.9 Å². The summed E-state index contributed by atoms with van der Waals surface area (Å²) in [5.74, 6) is 0.766. The van der Waals surface area contributed by atoms with E-state index in [1.807, 2.05) is 11.3 Å². The molecule has 0 radical (unpaired) electrons. The molecule has 0 spiro atoms. The summed E-state index contributed by atoms with van der Waals surface area (Å²) in [5, 5.41) is 4.80. The van der Waals surface area contributed by atoms with Gasteiger partial charge in [0.05, 0.1) is 15.2 Å². The molecule has 0 aliphatic rings. The number of hydrogen-bond donors (Lipinski definition) is 1. The van der Waals surface area contributed by atoms with Crippen molar-refractivity contribution in [3.8, 4) is 0 Å². The molecule has 0 aliphatic carbocycles. The van der Waals surface area contributed by atoms with Crippen LogP contribution in [0, 0.1) is 5.92 Å². The van der Waals surface area contributed by atoms with Crippen molar-refractivity contribution in [3.63, 3.8) is 0 Å². The molecule has 1 heterocycles. The Bertz CT molecular complexity index is 481.